The van der Waals surface area contributed by atoms with E-state index in [0.29, 0.717) is 12.8 Å². The van der Waals surface area contributed by atoms with Gasteiger partial charge in [0.15, 0.2) is 5.78 Å². The van der Waals surface area contributed by atoms with Crippen molar-refractivity contribution < 1.29 is 36.5 Å². The van der Waals surface area contributed by atoms with Gasteiger partial charge in [0.1, 0.15) is 24.4 Å². The lowest BCUT2D eigenvalue weighted by Gasteiger charge is -2.20. The topological polar surface area (TPSA) is 161 Å². The molecular weight excluding hydrogens is 270 g/mol. The summed E-state index contributed by atoms with van der Waals surface area (Å²) in [6.45, 7) is -0.818. The molecule has 0 radical (unpaired) electrons. The molecular formula is C12H23NO7. The maximum absolute atomic E-state index is 11.6. The Balaban J connectivity index is 4.13. The Morgan fingerprint density at radius 1 is 1.15 bits per heavy atom. The Morgan fingerprint density at radius 2 is 1.75 bits per heavy atom. The minimum atomic E-state index is -1.95. The van der Waals surface area contributed by atoms with Gasteiger partial charge in [0.25, 0.3) is 0 Å². The molecule has 0 heterocycles. The van der Waals surface area contributed by atoms with Gasteiger partial charge in [-0.15, -0.1) is 0 Å². The first kappa shape index (κ1) is 17.0. The number of Topliss-reactive ketones (excluding diaryl/α,β-unsaturated/α-hetero) is 1. The summed E-state index contributed by atoms with van der Waals surface area (Å²) < 4.78 is 7.56. The summed E-state index contributed by atoms with van der Waals surface area (Å²) in [5.74, 6) is -2.08. The molecule has 0 aromatic carbocycles. The summed E-state index contributed by atoms with van der Waals surface area (Å²) in [5.41, 5.74) is 5.29. The highest BCUT2D eigenvalue weighted by Gasteiger charge is 2.29. The standard InChI is InChI=1S/C12H23NO7/c13-7(12(19)20)4-2-1-3-5-8(15)10(17)11(18)9(16)6-14/h7,9-11,14,16-18H,1-6,13H2,(H,19,20)/t7?,9-,10-,11-/m1/s1/i5D/t5?,7?,9-,10-,11-. The minimum Gasteiger partial charge on any atom is -0.480 e. The lowest BCUT2D eigenvalue weighted by Crippen LogP contribution is -2.43. The number of carbonyl (C=O) groups is 2. The van der Waals surface area contributed by atoms with Crippen LogP contribution in [-0.4, -0.2) is 68.2 Å². The number of carbonyl (C=O) groups excluding carboxylic acids is 1. The number of carboxylic acid groups (broad SMARTS) is 1. The lowest BCUT2D eigenvalue weighted by atomic mass is 9.99. The maximum Gasteiger partial charge on any atom is 0.320 e. The molecule has 0 rings (SSSR count). The van der Waals surface area contributed by atoms with Crippen LogP contribution in [0, 0.1) is 0 Å². The molecule has 0 aromatic heterocycles. The number of hydrogen-bond acceptors (Lipinski definition) is 7. The number of nitrogens with two attached hydrogens (primary N) is 1. The van der Waals surface area contributed by atoms with Crippen LogP contribution in [0.3, 0.4) is 0 Å². The molecule has 0 saturated heterocycles. The third kappa shape index (κ3) is 6.92. The first-order valence-electron chi connectivity index (χ1n) is 6.89. The molecule has 8 nitrogen and oxygen atoms in total. The molecule has 0 saturated carbocycles. The SMILES string of the molecule is [2H]C(CCCCC(N)C(=O)O)C(=O)[C@@H](O)[C@H](O)[C@H](O)CO. The van der Waals surface area contributed by atoms with Crippen LogP contribution in [0.4, 0.5) is 0 Å². The Labute approximate surface area is 118 Å². The van der Waals surface area contributed by atoms with Crippen LogP contribution in [0.5, 0.6) is 0 Å². The highest BCUT2D eigenvalue weighted by molar-refractivity contribution is 5.83. The van der Waals surface area contributed by atoms with Crippen molar-refractivity contribution in [3.05, 3.63) is 0 Å². The van der Waals surface area contributed by atoms with Crippen molar-refractivity contribution in [1.82, 2.24) is 0 Å². The lowest BCUT2D eigenvalue weighted by molar-refractivity contribution is -0.140. The summed E-state index contributed by atoms with van der Waals surface area (Å²) in [6.07, 6.45) is -5.70. The average Bonchev–Trinajstić information content (AvgIpc) is 2.47. The van der Waals surface area contributed by atoms with E-state index >= 15 is 0 Å². The average molecular weight is 294 g/mol. The van der Waals surface area contributed by atoms with Crippen LogP contribution in [0.25, 0.3) is 0 Å². The van der Waals surface area contributed by atoms with Gasteiger partial charge in [-0.1, -0.05) is 12.8 Å². The van der Waals surface area contributed by atoms with Crippen LogP contribution < -0.4 is 5.73 Å². The van der Waals surface area contributed by atoms with Crippen LogP contribution in [0.1, 0.15) is 33.5 Å². The van der Waals surface area contributed by atoms with Crippen LogP contribution >= 0.6 is 0 Å². The predicted molar refractivity (Wildman–Crippen MR) is 68.8 cm³/mol. The fourth-order valence-corrected chi connectivity index (χ4v) is 1.48. The summed E-state index contributed by atoms with van der Waals surface area (Å²) in [4.78, 5) is 22.1. The van der Waals surface area contributed by atoms with Gasteiger partial charge in [-0.05, 0) is 12.8 Å². The van der Waals surface area contributed by atoms with Gasteiger partial charge < -0.3 is 31.3 Å². The number of carboxylic acids is 1. The zero-order valence-corrected chi connectivity index (χ0v) is 11.1. The van der Waals surface area contributed by atoms with Gasteiger partial charge >= 0.3 is 5.97 Å². The maximum atomic E-state index is 11.6. The molecule has 0 aliphatic rings. The summed E-state index contributed by atoms with van der Waals surface area (Å²) in [7, 11) is 0. The van der Waals surface area contributed by atoms with Crippen LogP contribution in [0.15, 0.2) is 0 Å². The smallest absolute Gasteiger partial charge is 0.320 e. The summed E-state index contributed by atoms with van der Waals surface area (Å²) >= 11 is 0. The second kappa shape index (κ2) is 9.78. The molecule has 7 N–H and O–H groups in total. The molecule has 118 valence electrons. The normalized spacial score (nSPS) is 19.6. The van der Waals surface area contributed by atoms with Gasteiger partial charge in [0, 0.05) is 7.77 Å². The molecule has 0 aliphatic carbocycles. The zero-order chi connectivity index (χ0) is 16.6. The Bertz CT molecular complexity index is 342. The molecule has 0 aromatic rings. The Morgan fingerprint density at radius 3 is 2.25 bits per heavy atom. The fraction of sp³-hybridized carbons (Fsp3) is 0.833. The summed E-state index contributed by atoms with van der Waals surface area (Å²) in [6, 6.07) is -0.989. The van der Waals surface area contributed by atoms with Crippen molar-refractivity contribution in [3.8, 4) is 0 Å². The van der Waals surface area contributed by atoms with Crippen LogP contribution in [0.2, 0.25) is 0 Å². The predicted octanol–water partition coefficient (Wildman–Crippen LogP) is -2.01. The molecule has 0 aliphatic heterocycles. The van der Waals surface area contributed by atoms with Gasteiger partial charge in [-0.25, -0.2) is 0 Å². The van der Waals surface area contributed by atoms with E-state index in [2.05, 4.69) is 0 Å². The number of unbranched alkanes of at least 4 members (excludes halogenated alkanes) is 1. The molecule has 0 spiro atoms. The molecule has 5 atom stereocenters. The van der Waals surface area contributed by atoms with E-state index in [1.165, 1.54) is 0 Å². The third-order valence-electron chi connectivity index (χ3n) is 2.83. The van der Waals surface area contributed by atoms with Gasteiger partial charge in [-0.2, -0.15) is 0 Å². The highest BCUT2D eigenvalue weighted by atomic mass is 16.4. The molecule has 8 heteroatoms. The number of rotatable bonds is 11. The highest BCUT2D eigenvalue weighted by Crippen LogP contribution is 2.09. The van der Waals surface area contributed by atoms with E-state index in [9.17, 15) is 19.8 Å². The number of ketones is 1. The molecule has 0 bridgehead atoms. The number of aliphatic hydroxyl groups is 4. The monoisotopic (exact) mass is 294 g/mol. The van der Waals surface area contributed by atoms with E-state index in [1.807, 2.05) is 0 Å². The molecule has 20 heavy (non-hydrogen) atoms. The van der Waals surface area contributed by atoms with E-state index in [4.69, 9.17) is 22.4 Å². The number of aliphatic hydroxyl groups excluding tert-OH is 4. The van der Waals surface area contributed by atoms with Crippen molar-refractivity contribution >= 4 is 11.8 Å². The van der Waals surface area contributed by atoms with Crippen LogP contribution in [-0.2, 0) is 9.59 Å². The number of hydrogen-bond donors (Lipinski definition) is 6. The second-order valence-electron chi connectivity index (χ2n) is 4.52. The van der Waals surface area contributed by atoms with Gasteiger partial charge in [0.05, 0.1) is 6.61 Å². The minimum absolute atomic E-state index is 0.0736. The van der Waals surface area contributed by atoms with E-state index in [-0.39, 0.29) is 12.8 Å². The Kier molecular flexibility index (Phi) is 8.31. The van der Waals surface area contributed by atoms with Gasteiger partial charge in [-0.3, -0.25) is 9.59 Å². The summed E-state index contributed by atoms with van der Waals surface area (Å²) in [5, 5.41) is 45.1. The first-order chi connectivity index (χ1) is 9.72. The van der Waals surface area contributed by atoms with E-state index < -0.39 is 49.1 Å². The zero-order valence-electron chi connectivity index (χ0n) is 12.1. The van der Waals surface area contributed by atoms with Crippen molar-refractivity contribution in [3.63, 3.8) is 0 Å². The van der Waals surface area contributed by atoms with E-state index in [1.54, 1.807) is 0 Å². The quantitative estimate of drug-likeness (QED) is 0.238. The first-order valence-corrected chi connectivity index (χ1v) is 6.31. The Hall–Kier alpha value is -1.06. The fourth-order valence-electron chi connectivity index (χ4n) is 1.48. The molecule has 0 amide bonds. The van der Waals surface area contributed by atoms with E-state index in [0.717, 1.165) is 0 Å². The third-order valence-corrected chi connectivity index (χ3v) is 2.83. The molecule has 2 unspecified atom stereocenters. The van der Waals surface area contributed by atoms with Crippen molar-refractivity contribution in [2.45, 2.75) is 56.4 Å². The van der Waals surface area contributed by atoms with Crippen molar-refractivity contribution in [2.75, 3.05) is 6.61 Å². The van der Waals surface area contributed by atoms with Gasteiger partial charge in [0.2, 0.25) is 0 Å². The van der Waals surface area contributed by atoms with Crippen molar-refractivity contribution in [2.24, 2.45) is 5.73 Å². The molecule has 0 fully saturated rings. The largest absolute Gasteiger partial charge is 0.480 e. The number of aliphatic carboxylic acids is 1. The second-order valence-corrected chi connectivity index (χ2v) is 4.52. The van der Waals surface area contributed by atoms with Crippen molar-refractivity contribution in [1.29, 1.82) is 0 Å².